The molecule has 1 atom stereocenters. The molecule has 0 amide bonds. The van der Waals surface area contributed by atoms with E-state index in [-0.39, 0.29) is 11.6 Å². The second-order valence-corrected chi connectivity index (χ2v) is 3.78. The molecule has 2 N–H and O–H groups in total. The van der Waals surface area contributed by atoms with Gasteiger partial charge in [0.05, 0.1) is 6.20 Å². The lowest BCUT2D eigenvalue weighted by molar-refractivity contribution is -0.135. The molecule has 94 valence electrons. The van der Waals surface area contributed by atoms with Gasteiger partial charge < -0.3 is 19.9 Å². The first-order valence-electron chi connectivity index (χ1n) is 5.29. The quantitative estimate of drug-likeness (QED) is 0.749. The molecule has 0 fully saturated rings. The van der Waals surface area contributed by atoms with E-state index in [4.69, 9.17) is 14.6 Å². The molecule has 2 rings (SSSR count). The molecule has 0 radical (unpaired) electrons. The Hall–Kier alpha value is -1.60. The normalized spacial score (nSPS) is 18.9. The van der Waals surface area contributed by atoms with Crippen LogP contribution in [-0.4, -0.2) is 47.9 Å². The zero-order valence-electron chi connectivity index (χ0n) is 9.71. The molecule has 0 aromatic carbocycles. The van der Waals surface area contributed by atoms with Crippen LogP contribution in [0.5, 0.6) is 0 Å². The maximum Gasteiger partial charge on any atom is 0.341 e. The molecule has 7 heteroatoms. The van der Waals surface area contributed by atoms with Crippen molar-refractivity contribution in [3.05, 3.63) is 11.8 Å². The first-order chi connectivity index (χ1) is 8.19. The second-order valence-electron chi connectivity index (χ2n) is 3.78. The third kappa shape index (κ3) is 1.98. The molecular weight excluding hydrogens is 226 g/mol. The van der Waals surface area contributed by atoms with Gasteiger partial charge in [0.25, 0.3) is 0 Å². The molecule has 2 heterocycles. The Morgan fingerprint density at radius 2 is 2.35 bits per heavy atom. The second kappa shape index (κ2) is 4.72. The standard InChI is InChI=1S/C10H15N3O4/c1-16-10(17-2)7-3-4-11-8-6(9(14)15)5-12-13(7)8/h5,7,10-11H,3-4H2,1-2H3,(H,14,15). The lowest BCUT2D eigenvalue weighted by Gasteiger charge is -2.30. The molecule has 7 nitrogen and oxygen atoms in total. The van der Waals surface area contributed by atoms with Crippen molar-refractivity contribution in [3.8, 4) is 0 Å². The van der Waals surface area contributed by atoms with Crippen molar-refractivity contribution in [3.63, 3.8) is 0 Å². The van der Waals surface area contributed by atoms with Crippen LogP contribution in [0.25, 0.3) is 0 Å². The number of aromatic nitrogens is 2. The number of rotatable bonds is 4. The number of anilines is 1. The van der Waals surface area contributed by atoms with Crippen molar-refractivity contribution >= 4 is 11.8 Å². The Morgan fingerprint density at radius 1 is 1.65 bits per heavy atom. The van der Waals surface area contributed by atoms with Crippen LogP contribution in [0.15, 0.2) is 6.20 Å². The Bertz CT molecular complexity index is 414. The van der Waals surface area contributed by atoms with Gasteiger partial charge >= 0.3 is 5.97 Å². The lowest BCUT2D eigenvalue weighted by atomic mass is 10.1. The highest BCUT2D eigenvalue weighted by Gasteiger charge is 2.31. The van der Waals surface area contributed by atoms with Gasteiger partial charge in [0.15, 0.2) is 6.29 Å². The molecule has 0 bridgehead atoms. The number of hydrogen-bond acceptors (Lipinski definition) is 5. The number of ether oxygens (including phenoxy) is 2. The van der Waals surface area contributed by atoms with Crippen molar-refractivity contribution in [1.29, 1.82) is 0 Å². The highest BCUT2D eigenvalue weighted by molar-refractivity contribution is 5.93. The van der Waals surface area contributed by atoms with E-state index in [1.807, 2.05) is 0 Å². The van der Waals surface area contributed by atoms with E-state index in [1.165, 1.54) is 6.20 Å². The number of carboxylic acid groups (broad SMARTS) is 1. The van der Waals surface area contributed by atoms with Crippen molar-refractivity contribution in [2.75, 3.05) is 26.1 Å². The number of aromatic carboxylic acids is 1. The molecule has 1 aromatic rings. The Labute approximate surface area is 98.3 Å². The smallest absolute Gasteiger partial charge is 0.341 e. The highest BCUT2D eigenvalue weighted by Crippen LogP contribution is 2.29. The fourth-order valence-corrected chi connectivity index (χ4v) is 2.07. The van der Waals surface area contributed by atoms with Crippen molar-refractivity contribution in [2.24, 2.45) is 0 Å². The molecule has 17 heavy (non-hydrogen) atoms. The summed E-state index contributed by atoms with van der Waals surface area (Å²) in [6.07, 6.45) is 1.67. The maximum atomic E-state index is 11.0. The van der Waals surface area contributed by atoms with E-state index >= 15 is 0 Å². The lowest BCUT2D eigenvalue weighted by Crippen LogP contribution is -2.34. The van der Waals surface area contributed by atoms with Crippen molar-refractivity contribution < 1.29 is 19.4 Å². The van der Waals surface area contributed by atoms with Gasteiger partial charge in [-0.2, -0.15) is 5.10 Å². The van der Waals surface area contributed by atoms with Crippen LogP contribution < -0.4 is 5.32 Å². The van der Waals surface area contributed by atoms with Gasteiger partial charge in [-0.1, -0.05) is 0 Å². The summed E-state index contributed by atoms with van der Waals surface area (Å²) in [5, 5.41) is 16.1. The van der Waals surface area contributed by atoms with Gasteiger partial charge in [-0.15, -0.1) is 0 Å². The van der Waals surface area contributed by atoms with Crippen LogP contribution in [0.4, 0.5) is 5.82 Å². The minimum atomic E-state index is -0.995. The number of fused-ring (bicyclic) bond motifs is 1. The summed E-state index contributed by atoms with van der Waals surface area (Å²) >= 11 is 0. The fourth-order valence-electron chi connectivity index (χ4n) is 2.07. The van der Waals surface area contributed by atoms with E-state index < -0.39 is 12.3 Å². The van der Waals surface area contributed by atoms with Crippen molar-refractivity contribution in [2.45, 2.75) is 18.8 Å². The third-order valence-corrected chi connectivity index (χ3v) is 2.85. The Balaban J connectivity index is 2.35. The number of carboxylic acids is 1. The molecule has 0 saturated heterocycles. The first kappa shape index (κ1) is 11.9. The van der Waals surface area contributed by atoms with E-state index in [0.717, 1.165) is 6.42 Å². The zero-order valence-corrected chi connectivity index (χ0v) is 9.71. The molecule has 1 aliphatic rings. The van der Waals surface area contributed by atoms with Crippen molar-refractivity contribution in [1.82, 2.24) is 9.78 Å². The molecule has 0 spiro atoms. The molecular formula is C10H15N3O4. The van der Waals surface area contributed by atoms with E-state index in [2.05, 4.69) is 10.4 Å². The zero-order chi connectivity index (χ0) is 12.4. The average molecular weight is 241 g/mol. The third-order valence-electron chi connectivity index (χ3n) is 2.85. The van der Waals surface area contributed by atoms with Crippen LogP contribution in [0.3, 0.4) is 0 Å². The topological polar surface area (TPSA) is 85.6 Å². The largest absolute Gasteiger partial charge is 0.477 e. The van der Waals surface area contributed by atoms with Crippen LogP contribution in [-0.2, 0) is 9.47 Å². The summed E-state index contributed by atoms with van der Waals surface area (Å²) in [5.74, 6) is -0.487. The predicted octanol–water partition coefficient (Wildman–Crippen LogP) is 0.557. The van der Waals surface area contributed by atoms with Gasteiger partial charge in [-0.05, 0) is 6.42 Å². The summed E-state index contributed by atoms with van der Waals surface area (Å²) in [6.45, 7) is 0.667. The summed E-state index contributed by atoms with van der Waals surface area (Å²) in [5.41, 5.74) is 0.167. The number of nitrogens with zero attached hydrogens (tertiary/aromatic N) is 2. The molecule has 1 aromatic heterocycles. The molecule has 1 unspecified atom stereocenters. The van der Waals surface area contributed by atoms with Crippen LogP contribution in [0.1, 0.15) is 22.8 Å². The molecule has 0 aliphatic carbocycles. The van der Waals surface area contributed by atoms with Crippen LogP contribution >= 0.6 is 0 Å². The van der Waals surface area contributed by atoms with Gasteiger partial charge in [0.2, 0.25) is 0 Å². The summed E-state index contributed by atoms with van der Waals surface area (Å²) in [6, 6.07) is -0.116. The molecule has 1 aliphatic heterocycles. The van der Waals surface area contributed by atoms with Crippen LogP contribution in [0, 0.1) is 0 Å². The summed E-state index contributed by atoms with van der Waals surface area (Å²) in [4.78, 5) is 11.0. The van der Waals surface area contributed by atoms with Gasteiger partial charge in [0, 0.05) is 20.8 Å². The number of hydrogen-bond donors (Lipinski definition) is 2. The Morgan fingerprint density at radius 3 is 2.94 bits per heavy atom. The van der Waals surface area contributed by atoms with Gasteiger partial charge in [-0.3, -0.25) is 0 Å². The molecule has 0 saturated carbocycles. The fraction of sp³-hybridized carbons (Fsp3) is 0.600. The summed E-state index contributed by atoms with van der Waals surface area (Å²) in [7, 11) is 3.11. The van der Waals surface area contributed by atoms with E-state index in [1.54, 1.807) is 18.9 Å². The van der Waals surface area contributed by atoms with Gasteiger partial charge in [-0.25, -0.2) is 9.48 Å². The number of nitrogens with one attached hydrogen (secondary N) is 1. The number of methoxy groups -OCH3 is 2. The van der Waals surface area contributed by atoms with E-state index in [0.29, 0.717) is 12.4 Å². The van der Waals surface area contributed by atoms with E-state index in [9.17, 15) is 4.79 Å². The average Bonchev–Trinajstić information content (AvgIpc) is 2.75. The Kier molecular flexibility index (Phi) is 3.30. The summed E-state index contributed by atoms with van der Waals surface area (Å²) < 4.78 is 12.0. The maximum absolute atomic E-state index is 11.0. The monoisotopic (exact) mass is 241 g/mol. The SMILES string of the molecule is COC(OC)C1CCNc2c(C(=O)O)cnn21. The number of carbonyl (C=O) groups is 1. The first-order valence-corrected chi connectivity index (χ1v) is 5.29. The van der Waals surface area contributed by atoms with Crippen LogP contribution in [0.2, 0.25) is 0 Å². The van der Waals surface area contributed by atoms with Gasteiger partial charge in [0.1, 0.15) is 17.4 Å². The predicted molar refractivity (Wildman–Crippen MR) is 59.1 cm³/mol. The highest BCUT2D eigenvalue weighted by atomic mass is 16.7. The minimum Gasteiger partial charge on any atom is -0.477 e. The minimum absolute atomic E-state index is 0.116.